The fourth-order valence-electron chi connectivity index (χ4n) is 1.52. The van der Waals surface area contributed by atoms with E-state index >= 15 is 0 Å². The van der Waals surface area contributed by atoms with E-state index in [0.29, 0.717) is 11.4 Å². The van der Waals surface area contributed by atoms with E-state index in [4.69, 9.17) is 5.84 Å². The molecule has 0 saturated heterocycles. The second-order valence-electron chi connectivity index (χ2n) is 3.64. The maximum Gasteiger partial charge on any atom is 0.258 e. The Balaban J connectivity index is 2.25. The molecule has 2 heterocycles. The molecule has 0 bridgehead atoms. The zero-order valence-corrected chi connectivity index (χ0v) is 9.87. The Kier molecular flexibility index (Phi) is 3.49. The Morgan fingerprint density at radius 3 is 2.67 bits per heavy atom. The molecule has 1 amide bonds. The van der Waals surface area contributed by atoms with Crippen LogP contribution in [0.15, 0.2) is 42.9 Å². The summed E-state index contributed by atoms with van der Waals surface area (Å²) in [5, 5.41) is 0. The SMILES string of the molecule is CN(C(=O)c1ccnc(NN)c1)c1ccncc1. The highest BCUT2D eigenvalue weighted by Crippen LogP contribution is 2.15. The first-order valence-electron chi connectivity index (χ1n) is 5.33. The van der Waals surface area contributed by atoms with Crippen LogP contribution in [0.1, 0.15) is 10.4 Å². The van der Waals surface area contributed by atoms with Crippen molar-refractivity contribution in [1.29, 1.82) is 0 Å². The molecule has 0 atom stereocenters. The first-order valence-corrected chi connectivity index (χ1v) is 5.33. The molecule has 2 aromatic rings. The van der Waals surface area contributed by atoms with Crippen molar-refractivity contribution in [3.63, 3.8) is 0 Å². The number of rotatable bonds is 3. The Labute approximate surface area is 104 Å². The van der Waals surface area contributed by atoms with Gasteiger partial charge < -0.3 is 10.3 Å². The summed E-state index contributed by atoms with van der Waals surface area (Å²) in [5.41, 5.74) is 3.69. The number of aromatic nitrogens is 2. The molecule has 6 heteroatoms. The van der Waals surface area contributed by atoms with Crippen LogP contribution in [0.3, 0.4) is 0 Å². The fourth-order valence-corrected chi connectivity index (χ4v) is 1.52. The number of hydrazine groups is 1. The molecule has 0 spiro atoms. The number of pyridine rings is 2. The third-order valence-electron chi connectivity index (χ3n) is 2.51. The summed E-state index contributed by atoms with van der Waals surface area (Å²) >= 11 is 0. The number of nitrogens with zero attached hydrogens (tertiary/aromatic N) is 3. The van der Waals surface area contributed by atoms with Gasteiger partial charge in [0.2, 0.25) is 0 Å². The number of anilines is 2. The Morgan fingerprint density at radius 1 is 1.28 bits per heavy atom. The molecule has 0 aliphatic carbocycles. The fraction of sp³-hybridized carbons (Fsp3) is 0.0833. The quantitative estimate of drug-likeness (QED) is 0.621. The van der Waals surface area contributed by atoms with Crippen LogP contribution in [0.2, 0.25) is 0 Å². The maximum atomic E-state index is 12.2. The smallest absolute Gasteiger partial charge is 0.258 e. The Hall–Kier alpha value is -2.47. The minimum atomic E-state index is -0.139. The topological polar surface area (TPSA) is 84.1 Å². The van der Waals surface area contributed by atoms with Gasteiger partial charge in [-0.1, -0.05) is 0 Å². The predicted octanol–water partition coefficient (Wildman–Crippen LogP) is 1.04. The van der Waals surface area contributed by atoms with Gasteiger partial charge in [-0.3, -0.25) is 9.78 Å². The van der Waals surface area contributed by atoms with Crippen LogP contribution in [0.4, 0.5) is 11.5 Å². The Bertz CT molecular complexity index is 543. The van der Waals surface area contributed by atoms with Crippen LogP contribution in [-0.4, -0.2) is 22.9 Å². The molecule has 92 valence electrons. The number of nitrogens with two attached hydrogens (primary N) is 1. The van der Waals surface area contributed by atoms with E-state index in [1.165, 1.54) is 11.1 Å². The molecule has 18 heavy (non-hydrogen) atoms. The lowest BCUT2D eigenvalue weighted by molar-refractivity contribution is 0.0993. The van der Waals surface area contributed by atoms with E-state index in [9.17, 15) is 4.79 Å². The van der Waals surface area contributed by atoms with Gasteiger partial charge in [0.15, 0.2) is 0 Å². The van der Waals surface area contributed by atoms with Crippen molar-refractivity contribution in [3.05, 3.63) is 48.4 Å². The second kappa shape index (κ2) is 5.24. The van der Waals surface area contributed by atoms with E-state index < -0.39 is 0 Å². The average molecular weight is 243 g/mol. The molecule has 6 nitrogen and oxygen atoms in total. The normalized spacial score (nSPS) is 9.89. The molecule has 0 aromatic carbocycles. The highest BCUT2D eigenvalue weighted by atomic mass is 16.2. The minimum Gasteiger partial charge on any atom is -0.311 e. The number of hydrogen-bond donors (Lipinski definition) is 2. The maximum absolute atomic E-state index is 12.2. The number of nitrogens with one attached hydrogen (secondary N) is 1. The largest absolute Gasteiger partial charge is 0.311 e. The molecule has 0 aliphatic heterocycles. The van der Waals surface area contributed by atoms with Gasteiger partial charge in [-0.05, 0) is 24.3 Å². The van der Waals surface area contributed by atoms with Crippen molar-refractivity contribution in [2.24, 2.45) is 5.84 Å². The van der Waals surface area contributed by atoms with E-state index in [2.05, 4.69) is 15.4 Å². The highest BCUT2D eigenvalue weighted by molar-refractivity contribution is 6.05. The molecule has 0 fully saturated rings. The molecule has 2 rings (SSSR count). The van der Waals surface area contributed by atoms with Crippen LogP contribution in [0.5, 0.6) is 0 Å². The first-order chi connectivity index (χ1) is 8.72. The third-order valence-corrected chi connectivity index (χ3v) is 2.51. The van der Waals surface area contributed by atoms with E-state index in [1.807, 2.05) is 0 Å². The van der Waals surface area contributed by atoms with Crippen molar-refractivity contribution in [1.82, 2.24) is 9.97 Å². The van der Waals surface area contributed by atoms with Crippen LogP contribution in [-0.2, 0) is 0 Å². The number of hydrogen-bond acceptors (Lipinski definition) is 5. The van der Waals surface area contributed by atoms with Crippen molar-refractivity contribution >= 4 is 17.4 Å². The zero-order valence-electron chi connectivity index (χ0n) is 9.87. The molecule has 3 N–H and O–H groups in total. The third kappa shape index (κ3) is 2.44. The van der Waals surface area contributed by atoms with Gasteiger partial charge in [0.1, 0.15) is 5.82 Å². The van der Waals surface area contributed by atoms with Crippen molar-refractivity contribution in [2.45, 2.75) is 0 Å². The minimum absolute atomic E-state index is 0.139. The molecular formula is C12H13N5O. The van der Waals surface area contributed by atoms with Crippen LogP contribution < -0.4 is 16.2 Å². The van der Waals surface area contributed by atoms with E-state index in [1.54, 1.807) is 43.7 Å². The standard InChI is InChI=1S/C12H13N5O/c1-17(10-3-5-14-6-4-10)12(18)9-2-7-15-11(8-9)16-13/h2-8H,13H2,1H3,(H,15,16). The van der Waals surface area contributed by atoms with E-state index in [0.717, 1.165) is 5.69 Å². The Morgan fingerprint density at radius 2 is 2.00 bits per heavy atom. The summed E-state index contributed by atoms with van der Waals surface area (Å²) in [6.45, 7) is 0. The van der Waals surface area contributed by atoms with Crippen LogP contribution in [0.25, 0.3) is 0 Å². The van der Waals surface area contributed by atoms with Gasteiger partial charge in [0, 0.05) is 36.9 Å². The number of nitrogen functional groups attached to an aromatic ring is 1. The molecule has 2 aromatic heterocycles. The van der Waals surface area contributed by atoms with Crippen LogP contribution in [0, 0.1) is 0 Å². The summed E-state index contributed by atoms with van der Waals surface area (Å²) in [6, 6.07) is 6.77. The van der Waals surface area contributed by atoms with Gasteiger partial charge in [-0.2, -0.15) is 0 Å². The summed E-state index contributed by atoms with van der Waals surface area (Å²) < 4.78 is 0. The second-order valence-corrected chi connectivity index (χ2v) is 3.64. The monoisotopic (exact) mass is 243 g/mol. The lowest BCUT2D eigenvalue weighted by Gasteiger charge is -2.17. The van der Waals surface area contributed by atoms with Crippen LogP contribution >= 0.6 is 0 Å². The molecule has 0 saturated carbocycles. The number of carbonyl (C=O) groups is 1. The number of carbonyl (C=O) groups excluding carboxylic acids is 1. The molecular weight excluding hydrogens is 230 g/mol. The molecule has 0 aliphatic rings. The predicted molar refractivity (Wildman–Crippen MR) is 69.0 cm³/mol. The first kappa shape index (κ1) is 12.0. The molecule has 0 radical (unpaired) electrons. The van der Waals surface area contributed by atoms with Crippen molar-refractivity contribution in [2.75, 3.05) is 17.4 Å². The summed E-state index contributed by atoms with van der Waals surface area (Å²) in [5.74, 6) is 5.57. The van der Waals surface area contributed by atoms with Crippen molar-refractivity contribution < 1.29 is 4.79 Å². The van der Waals surface area contributed by atoms with Gasteiger partial charge in [0.05, 0.1) is 0 Å². The lowest BCUT2D eigenvalue weighted by Crippen LogP contribution is -2.26. The highest BCUT2D eigenvalue weighted by Gasteiger charge is 2.13. The number of amides is 1. The average Bonchev–Trinajstić information content (AvgIpc) is 2.46. The van der Waals surface area contributed by atoms with Gasteiger partial charge in [-0.25, -0.2) is 10.8 Å². The van der Waals surface area contributed by atoms with E-state index in [-0.39, 0.29) is 5.91 Å². The van der Waals surface area contributed by atoms with Gasteiger partial charge in [0.25, 0.3) is 5.91 Å². The summed E-state index contributed by atoms with van der Waals surface area (Å²) in [6.07, 6.45) is 4.81. The van der Waals surface area contributed by atoms with Gasteiger partial charge in [-0.15, -0.1) is 0 Å². The zero-order chi connectivity index (χ0) is 13.0. The van der Waals surface area contributed by atoms with Gasteiger partial charge >= 0.3 is 0 Å². The lowest BCUT2D eigenvalue weighted by atomic mass is 10.2. The van der Waals surface area contributed by atoms with Crippen molar-refractivity contribution in [3.8, 4) is 0 Å². The summed E-state index contributed by atoms with van der Waals surface area (Å²) in [7, 11) is 1.70. The molecule has 0 unspecified atom stereocenters. The summed E-state index contributed by atoms with van der Waals surface area (Å²) in [4.78, 5) is 21.6.